The van der Waals surface area contributed by atoms with Gasteiger partial charge in [-0.25, -0.2) is 4.99 Å². The summed E-state index contributed by atoms with van der Waals surface area (Å²) in [6.07, 6.45) is 2.47. The normalized spacial score (nSPS) is 17.8. The largest absolute Gasteiger partial charge is 0.376 e. The molecule has 2 atom stereocenters. The molecule has 2 N–H and O–H groups in total. The minimum atomic E-state index is 0.247. The lowest BCUT2D eigenvalue weighted by Gasteiger charge is -2.31. The lowest BCUT2D eigenvalue weighted by molar-refractivity contribution is 0.113. The summed E-state index contributed by atoms with van der Waals surface area (Å²) in [5, 5.41) is 15.4. The number of nitrogens with zero attached hydrogens (tertiary/aromatic N) is 5. The fraction of sp³-hybridized carbons (Fsp3) is 0.609. The highest BCUT2D eigenvalue weighted by Gasteiger charge is 2.20. The Bertz CT molecular complexity index is 811. The van der Waals surface area contributed by atoms with E-state index >= 15 is 0 Å². The van der Waals surface area contributed by atoms with Gasteiger partial charge in [-0.05, 0) is 38.4 Å². The van der Waals surface area contributed by atoms with Crippen LogP contribution in [0.3, 0.4) is 0 Å². The lowest BCUT2D eigenvalue weighted by Crippen LogP contribution is -2.45. The molecule has 31 heavy (non-hydrogen) atoms. The Balaban J connectivity index is 1.71. The zero-order chi connectivity index (χ0) is 22.1. The van der Waals surface area contributed by atoms with E-state index in [2.05, 4.69) is 69.9 Å². The molecule has 2 unspecified atom stereocenters. The van der Waals surface area contributed by atoms with Crippen LogP contribution in [0.15, 0.2) is 35.3 Å². The number of aryl methyl sites for hydroxylation is 1. The second kappa shape index (κ2) is 11.8. The summed E-state index contributed by atoms with van der Waals surface area (Å²) >= 11 is 0. The van der Waals surface area contributed by atoms with Crippen molar-refractivity contribution in [3.8, 4) is 0 Å². The van der Waals surface area contributed by atoms with Gasteiger partial charge in [0.05, 0.1) is 12.1 Å². The van der Waals surface area contributed by atoms with E-state index < -0.39 is 0 Å². The molecule has 1 aliphatic heterocycles. The van der Waals surface area contributed by atoms with Crippen LogP contribution >= 0.6 is 0 Å². The minimum Gasteiger partial charge on any atom is -0.376 e. The van der Waals surface area contributed by atoms with Crippen molar-refractivity contribution in [1.82, 2.24) is 30.3 Å². The number of rotatable bonds is 10. The zero-order valence-corrected chi connectivity index (χ0v) is 19.3. The molecule has 2 aromatic rings. The van der Waals surface area contributed by atoms with Crippen molar-refractivity contribution in [3.63, 3.8) is 0 Å². The van der Waals surface area contributed by atoms with Crippen molar-refractivity contribution in [3.05, 3.63) is 47.5 Å². The second-order valence-electron chi connectivity index (χ2n) is 7.93. The number of benzene rings is 1. The molecule has 0 radical (unpaired) electrons. The molecule has 1 aliphatic rings. The van der Waals surface area contributed by atoms with E-state index in [-0.39, 0.29) is 12.1 Å². The van der Waals surface area contributed by atoms with Crippen molar-refractivity contribution in [2.75, 3.05) is 32.8 Å². The van der Waals surface area contributed by atoms with Gasteiger partial charge in [0, 0.05) is 26.7 Å². The summed E-state index contributed by atoms with van der Waals surface area (Å²) in [6, 6.07) is 10.9. The maximum atomic E-state index is 5.78. The number of aliphatic imine (C=N–C) groups is 1. The van der Waals surface area contributed by atoms with E-state index in [1.165, 1.54) is 5.56 Å². The van der Waals surface area contributed by atoms with Crippen LogP contribution in [0.2, 0.25) is 0 Å². The van der Waals surface area contributed by atoms with E-state index in [1.807, 2.05) is 18.5 Å². The van der Waals surface area contributed by atoms with Crippen LogP contribution < -0.4 is 10.6 Å². The molecule has 0 aliphatic carbocycles. The van der Waals surface area contributed by atoms with Crippen LogP contribution in [0, 0.1) is 6.92 Å². The highest BCUT2D eigenvalue weighted by atomic mass is 16.5. The molecule has 8 nitrogen and oxygen atoms in total. The van der Waals surface area contributed by atoms with Crippen molar-refractivity contribution < 1.29 is 4.74 Å². The van der Waals surface area contributed by atoms with E-state index in [0.717, 1.165) is 63.2 Å². The lowest BCUT2D eigenvalue weighted by atomic mass is 10.1. The predicted octanol–water partition coefficient (Wildman–Crippen LogP) is 2.42. The molecule has 3 rings (SSSR count). The van der Waals surface area contributed by atoms with Crippen LogP contribution in [0.4, 0.5) is 0 Å². The smallest absolute Gasteiger partial charge is 0.191 e. The Morgan fingerprint density at radius 1 is 1.23 bits per heavy atom. The fourth-order valence-corrected chi connectivity index (χ4v) is 3.92. The minimum absolute atomic E-state index is 0.247. The first-order valence-corrected chi connectivity index (χ1v) is 11.4. The second-order valence-corrected chi connectivity index (χ2v) is 7.93. The maximum absolute atomic E-state index is 5.78. The summed E-state index contributed by atoms with van der Waals surface area (Å²) < 4.78 is 7.75. The van der Waals surface area contributed by atoms with Gasteiger partial charge in [-0.1, -0.05) is 44.2 Å². The van der Waals surface area contributed by atoms with Gasteiger partial charge in [0.15, 0.2) is 11.8 Å². The number of likely N-dealkylation sites (N-methyl/N-ethyl adjacent to an activating group) is 1. The highest BCUT2D eigenvalue weighted by molar-refractivity contribution is 5.79. The number of aromatic nitrogens is 3. The van der Waals surface area contributed by atoms with Crippen LogP contribution in [0.25, 0.3) is 0 Å². The van der Waals surface area contributed by atoms with E-state index in [4.69, 9.17) is 9.73 Å². The van der Waals surface area contributed by atoms with Gasteiger partial charge in [-0.3, -0.25) is 4.90 Å². The third-order valence-corrected chi connectivity index (χ3v) is 5.98. The molecule has 1 saturated heterocycles. The first-order chi connectivity index (χ1) is 15.1. The predicted molar refractivity (Wildman–Crippen MR) is 124 cm³/mol. The number of hydrogen-bond donors (Lipinski definition) is 2. The van der Waals surface area contributed by atoms with Gasteiger partial charge in [-0.2, -0.15) is 0 Å². The van der Waals surface area contributed by atoms with Crippen LogP contribution in [-0.2, 0) is 18.3 Å². The van der Waals surface area contributed by atoms with E-state index in [0.29, 0.717) is 6.54 Å². The number of ether oxygens (including phenoxy) is 1. The van der Waals surface area contributed by atoms with Crippen molar-refractivity contribution in [1.29, 1.82) is 0 Å². The fourth-order valence-electron chi connectivity index (χ4n) is 3.92. The topological polar surface area (TPSA) is 79.6 Å². The quantitative estimate of drug-likeness (QED) is 0.448. The highest BCUT2D eigenvalue weighted by Crippen LogP contribution is 2.19. The Morgan fingerprint density at radius 2 is 2.00 bits per heavy atom. The molecule has 0 saturated carbocycles. The molecule has 1 aromatic carbocycles. The Morgan fingerprint density at radius 3 is 2.61 bits per heavy atom. The molecular formula is C23H37N7O. The molecule has 0 bridgehead atoms. The molecule has 2 heterocycles. The Labute approximate surface area is 186 Å². The van der Waals surface area contributed by atoms with Crippen LogP contribution in [0.5, 0.6) is 0 Å². The monoisotopic (exact) mass is 427 g/mol. The van der Waals surface area contributed by atoms with Crippen molar-refractivity contribution in [2.24, 2.45) is 12.0 Å². The van der Waals surface area contributed by atoms with Gasteiger partial charge in [0.2, 0.25) is 0 Å². The molecular weight excluding hydrogens is 390 g/mol. The van der Waals surface area contributed by atoms with E-state index in [9.17, 15) is 0 Å². The maximum Gasteiger partial charge on any atom is 0.191 e. The number of nitrogens with one attached hydrogen (secondary N) is 2. The van der Waals surface area contributed by atoms with Crippen LogP contribution in [0.1, 0.15) is 49.9 Å². The first-order valence-electron chi connectivity index (χ1n) is 11.4. The van der Waals surface area contributed by atoms with Gasteiger partial charge >= 0.3 is 0 Å². The van der Waals surface area contributed by atoms with Crippen LogP contribution in [-0.4, -0.2) is 64.5 Å². The molecule has 1 fully saturated rings. The summed E-state index contributed by atoms with van der Waals surface area (Å²) in [4.78, 5) is 7.27. The summed E-state index contributed by atoms with van der Waals surface area (Å²) in [6.45, 7) is 11.2. The van der Waals surface area contributed by atoms with Gasteiger partial charge in [0.1, 0.15) is 12.4 Å². The number of guanidine groups is 1. The third-order valence-electron chi connectivity index (χ3n) is 5.98. The van der Waals surface area contributed by atoms with Gasteiger partial charge in [0.25, 0.3) is 0 Å². The molecule has 8 heteroatoms. The zero-order valence-electron chi connectivity index (χ0n) is 19.3. The molecule has 0 amide bonds. The average Bonchev–Trinajstić information content (AvgIpc) is 3.43. The summed E-state index contributed by atoms with van der Waals surface area (Å²) in [5.41, 5.74) is 1.31. The number of hydrogen-bond acceptors (Lipinski definition) is 5. The van der Waals surface area contributed by atoms with Gasteiger partial charge in [-0.15, -0.1) is 10.2 Å². The van der Waals surface area contributed by atoms with Gasteiger partial charge < -0.3 is 19.9 Å². The average molecular weight is 428 g/mol. The SMILES string of the molecule is CCN(CC)C(CNC(=NCc1nnc(C)n1C)NCC1CCCO1)c1ccccc1. The van der Waals surface area contributed by atoms with Crippen molar-refractivity contribution >= 4 is 5.96 Å². The third kappa shape index (κ3) is 6.51. The Kier molecular flexibility index (Phi) is 8.85. The van der Waals surface area contributed by atoms with E-state index in [1.54, 1.807) is 0 Å². The molecule has 170 valence electrons. The van der Waals surface area contributed by atoms with Crippen molar-refractivity contribution in [2.45, 2.75) is 52.3 Å². The molecule has 0 spiro atoms. The molecule has 1 aromatic heterocycles. The standard InChI is InChI=1S/C23H37N7O/c1-5-30(6-2)21(19-11-8-7-9-12-19)16-25-23(24-15-20-13-10-14-31-20)26-17-22-28-27-18(3)29(22)4/h7-9,11-12,20-21H,5-6,10,13-17H2,1-4H3,(H2,24,25,26). The summed E-state index contributed by atoms with van der Waals surface area (Å²) in [5.74, 6) is 2.51. The first kappa shape index (κ1) is 23.2. The summed E-state index contributed by atoms with van der Waals surface area (Å²) in [7, 11) is 1.97. The Hall–Kier alpha value is -2.45.